The molecule has 0 heterocycles. The van der Waals surface area contributed by atoms with Gasteiger partial charge in [-0.2, -0.15) is 4.31 Å². The molecule has 3 N–H and O–H groups in total. The lowest BCUT2D eigenvalue weighted by Crippen LogP contribution is -2.31. The van der Waals surface area contributed by atoms with Crippen LogP contribution in [0.3, 0.4) is 0 Å². The second-order valence-electron chi connectivity index (χ2n) is 6.24. The zero-order chi connectivity index (χ0) is 20.0. The van der Waals surface area contributed by atoms with Gasteiger partial charge in [0.1, 0.15) is 0 Å². The Labute approximate surface area is 164 Å². The highest BCUT2D eigenvalue weighted by Crippen LogP contribution is 2.21. The average molecular weight is 395 g/mol. The van der Waals surface area contributed by atoms with Gasteiger partial charge in [0.05, 0.1) is 4.90 Å². The van der Waals surface area contributed by atoms with Gasteiger partial charge in [0.25, 0.3) is 5.91 Å². The fourth-order valence-electron chi connectivity index (χ4n) is 2.81. The minimum Gasteiger partial charge on any atom is -0.290 e. The summed E-state index contributed by atoms with van der Waals surface area (Å²) in [5.74, 6) is 4.64. The number of carbonyl (C=O) groups is 1. The molecule has 1 amide bonds. The van der Waals surface area contributed by atoms with Crippen LogP contribution < -0.4 is 11.3 Å². The second-order valence-corrected chi connectivity index (χ2v) is 8.18. The number of amides is 1. The van der Waals surface area contributed by atoms with Crippen LogP contribution in [0.25, 0.3) is 0 Å². The van der Waals surface area contributed by atoms with Crippen LogP contribution in [0, 0.1) is 0 Å². The van der Waals surface area contributed by atoms with Crippen LogP contribution in [0.5, 0.6) is 0 Å². The zero-order valence-electron chi connectivity index (χ0n) is 15.2. The van der Waals surface area contributed by atoms with Crippen LogP contribution in [0.15, 0.2) is 89.8 Å². The minimum absolute atomic E-state index is 0.118. The third kappa shape index (κ3) is 4.64. The van der Waals surface area contributed by atoms with E-state index in [0.29, 0.717) is 5.56 Å². The van der Waals surface area contributed by atoms with Crippen molar-refractivity contribution in [3.8, 4) is 0 Å². The number of nitrogens with zero attached hydrogens (tertiary/aromatic N) is 1. The fraction of sp³-hybridized carbons (Fsp3) is 0.0952. The van der Waals surface area contributed by atoms with Crippen molar-refractivity contribution in [1.29, 1.82) is 0 Å². The Balaban J connectivity index is 1.94. The number of hydrogen-bond acceptors (Lipinski definition) is 4. The molecule has 3 aromatic carbocycles. The van der Waals surface area contributed by atoms with E-state index in [1.807, 2.05) is 66.1 Å². The summed E-state index contributed by atoms with van der Waals surface area (Å²) in [6, 6.07) is 24.6. The number of nitrogens with two attached hydrogens (primary N) is 1. The van der Waals surface area contributed by atoms with E-state index in [4.69, 9.17) is 5.84 Å². The average Bonchev–Trinajstić information content (AvgIpc) is 2.74. The minimum atomic E-state index is -3.78. The number of benzene rings is 3. The van der Waals surface area contributed by atoms with E-state index in [2.05, 4.69) is 0 Å². The van der Waals surface area contributed by atoms with Crippen LogP contribution in [-0.2, 0) is 23.1 Å². The van der Waals surface area contributed by atoms with E-state index in [-0.39, 0.29) is 18.0 Å². The Kier molecular flexibility index (Phi) is 6.20. The molecule has 0 fully saturated rings. The van der Waals surface area contributed by atoms with Gasteiger partial charge in [-0.25, -0.2) is 14.3 Å². The van der Waals surface area contributed by atoms with Crippen LogP contribution >= 0.6 is 0 Å². The Hall–Kier alpha value is -3.00. The molecule has 0 atom stereocenters. The maximum absolute atomic E-state index is 13.3. The summed E-state index contributed by atoms with van der Waals surface area (Å²) in [7, 11) is -3.78. The Morgan fingerprint density at radius 3 is 1.68 bits per heavy atom. The van der Waals surface area contributed by atoms with E-state index < -0.39 is 15.9 Å². The molecule has 3 aromatic rings. The van der Waals surface area contributed by atoms with Crippen molar-refractivity contribution in [1.82, 2.24) is 9.73 Å². The Bertz CT molecular complexity index is 980. The van der Waals surface area contributed by atoms with Gasteiger partial charge in [-0.05, 0) is 35.4 Å². The number of carbonyl (C=O) groups excluding carboxylic acids is 1. The molecule has 0 aromatic heterocycles. The number of sulfonamides is 1. The van der Waals surface area contributed by atoms with Gasteiger partial charge in [-0.15, -0.1) is 0 Å². The summed E-state index contributed by atoms with van der Waals surface area (Å²) < 4.78 is 28.0. The quantitative estimate of drug-likeness (QED) is 0.365. The highest BCUT2D eigenvalue weighted by molar-refractivity contribution is 7.89. The van der Waals surface area contributed by atoms with Gasteiger partial charge < -0.3 is 0 Å². The lowest BCUT2D eigenvalue weighted by atomic mass is 10.2. The molecule has 6 nitrogen and oxygen atoms in total. The smallest absolute Gasteiger partial charge is 0.265 e. The summed E-state index contributed by atoms with van der Waals surface area (Å²) >= 11 is 0. The first-order valence-electron chi connectivity index (χ1n) is 8.70. The van der Waals surface area contributed by atoms with Gasteiger partial charge in [0, 0.05) is 18.7 Å². The monoisotopic (exact) mass is 395 g/mol. The standard InChI is InChI=1S/C21H21N3O3S/c22-23-21(25)19-11-13-20(14-12-19)28(26,27)24(15-17-7-3-1-4-8-17)16-18-9-5-2-6-10-18/h1-14H,15-16,22H2,(H,23,25). The van der Waals surface area contributed by atoms with Crippen LogP contribution in [0.2, 0.25) is 0 Å². The first kappa shape index (κ1) is 19.8. The molecule has 0 aliphatic heterocycles. The van der Waals surface area contributed by atoms with Crippen molar-refractivity contribution in [2.24, 2.45) is 5.84 Å². The molecule has 0 saturated carbocycles. The van der Waals surface area contributed by atoms with Gasteiger partial charge >= 0.3 is 0 Å². The lowest BCUT2D eigenvalue weighted by Gasteiger charge is -2.23. The number of nitrogen functional groups attached to an aromatic ring is 1. The Morgan fingerprint density at radius 2 is 1.25 bits per heavy atom. The van der Waals surface area contributed by atoms with E-state index in [1.54, 1.807) is 0 Å². The topological polar surface area (TPSA) is 92.5 Å². The normalized spacial score (nSPS) is 11.4. The third-order valence-electron chi connectivity index (χ3n) is 4.29. The molecule has 0 aliphatic carbocycles. The molecule has 28 heavy (non-hydrogen) atoms. The first-order valence-corrected chi connectivity index (χ1v) is 10.1. The molecule has 0 bridgehead atoms. The van der Waals surface area contributed by atoms with E-state index in [9.17, 15) is 13.2 Å². The number of rotatable bonds is 7. The van der Waals surface area contributed by atoms with Gasteiger partial charge in [-0.1, -0.05) is 60.7 Å². The summed E-state index contributed by atoms with van der Waals surface area (Å²) in [5.41, 5.74) is 4.10. The van der Waals surface area contributed by atoms with E-state index in [1.165, 1.54) is 28.6 Å². The molecule has 144 valence electrons. The fourth-order valence-corrected chi connectivity index (χ4v) is 4.23. The molecular formula is C21H21N3O3S. The van der Waals surface area contributed by atoms with E-state index >= 15 is 0 Å². The number of nitrogens with one attached hydrogen (secondary N) is 1. The molecule has 3 rings (SSSR count). The molecule has 0 radical (unpaired) electrons. The maximum atomic E-state index is 13.3. The molecule has 0 aliphatic rings. The summed E-state index contributed by atoms with van der Waals surface area (Å²) in [5, 5.41) is 0. The van der Waals surface area contributed by atoms with Crippen molar-refractivity contribution >= 4 is 15.9 Å². The Morgan fingerprint density at radius 1 is 0.786 bits per heavy atom. The van der Waals surface area contributed by atoms with Crippen molar-refractivity contribution in [2.75, 3.05) is 0 Å². The lowest BCUT2D eigenvalue weighted by molar-refractivity contribution is 0.0953. The molecule has 0 unspecified atom stereocenters. The van der Waals surface area contributed by atoms with E-state index in [0.717, 1.165) is 11.1 Å². The summed E-state index contributed by atoms with van der Waals surface area (Å²) in [6.45, 7) is 0.478. The molecule has 0 saturated heterocycles. The third-order valence-corrected chi connectivity index (χ3v) is 6.09. The van der Waals surface area contributed by atoms with Gasteiger partial charge in [0.15, 0.2) is 0 Å². The molecule has 0 spiro atoms. The number of hydrazine groups is 1. The van der Waals surface area contributed by atoms with Gasteiger partial charge in [0.2, 0.25) is 10.0 Å². The predicted molar refractivity (Wildman–Crippen MR) is 107 cm³/mol. The van der Waals surface area contributed by atoms with Crippen molar-refractivity contribution in [3.05, 3.63) is 102 Å². The van der Waals surface area contributed by atoms with Crippen LogP contribution in [-0.4, -0.2) is 18.6 Å². The summed E-state index contributed by atoms with van der Waals surface area (Å²) in [4.78, 5) is 11.7. The highest BCUT2D eigenvalue weighted by Gasteiger charge is 2.25. The van der Waals surface area contributed by atoms with Crippen molar-refractivity contribution in [3.63, 3.8) is 0 Å². The summed E-state index contributed by atoms with van der Waals surface area (Å²) in [6.07, 6.45) is 0. The van der Waals surface area contributed by atoms with Crippen LogP contribution in [0.1, 0.15) is 21.5 Å². The highest BCUT2D eigenvalue weighted by atomic mass is 32.2. The molecular weight excluding hydrogens is 374 g/mol. The second kappa shape index (κ2) is 8.79. The van der Waals surface area contributed by atoms with Crippen molar-refractivity contribution < 1.29 is 13.2 Å². The maximum Gasteiger partial charge on any atom is 0.265 e. The van der Waals surface area contributed by atoms with Crippen LogP contribution in [0.4, 0.5) is 0 Å². The zero-order valence-corrected chi connectivity index (χ0v) is 16.0. The van der Waals surface area contributed by atoms with Crippen molar-refractivity contribution in [2.45, 2.75) is 18.0 Å². The SMILES string of the molecule is NNC(=O)c1ccc(S(=O)(=O)N(Cc2ccccc2)Cc2ccccc2)cc1. The predicted octanol–water partition coefficient (Wildman–Crippen LogP) is 2.68. The number of hydrogen-bond donors (Lipinski definition) is 2. The first-order chi connectivity index (χ1) is 13.5. The van der Waals surface area contributed by atoms with Gasteiger partial charge in [-0.3, -0.25) is 10.2 Å². The largest absolute Gasteiger partial charge is 0.290 e. The molecule has 7 heteroatoms.